The highest BCUT2D eigenvalue weighted by Gasteiger charge is 2.54. The van der Waals surface area contributed by atoms with E-state index in [-0.39, 0.29) is 0 Å². The fourth-order valence-corrected chi connectivity index (χ4v) is 21.7. The molecule has 0 fully saturated rings. The van der Waals surface area contributed by atoms with Crippen molar-refractivity contribution in [3.63, 3.8) is 0 Å². The van der Waals surface area contributed by atoms with Gasteiger partial charge in [0.05, 0.1) is 7.59 Å². The molecule has 2 atom stereocenters. The summed E-state index contributed by atoms with van der Waals surface area (Å²) in [5, 5.41) is 1.73. The van der Waals surface area contributed by atoms with Crippen LogP contribution in [0.5, 0.6) is 0 Å². The van der Waals surface area contributed by atoms with Gasteiger partial charge in [-0.05, 0) is 37.8 Å². The van der Waals surface area contributed by atoms with Gasteiger partial charge in [-0.2, -0.15) is 0 Å². The molecule has 1 aromatic rings. The molecule has 1 aromatic carbocycles. The Balaban J connectivity index is 2.69. The Labute approximate surface area is 133 Å². The summed E-state index contributed by atoms with van der Waals surface area (Å²) in [4.78, 5) is 0. The molecule has 1 aliphatic heterocycles. The van der Waals surface area contributed by atoms with Gasteiger partial charge in [-0.1, -0.05) is 80.2 Å². The van der Waals surface area contributed by atoms with E-state index in [9.17, 15) is 0 Å². The molecule has 0 amide bonds. The zero-order valence-corrected chi connectivity index (χ0v) is 17.0. The van der Waals surface area contributed by atoms with Crippen molar-refractivity contribution in [1.29, 1.82) is 0 Å². The van der Waals surface area contributed by atoms with Gasteiger partial charge in [0.1, 0.15) is 0 Å². The maximum Gasteiger partial charge on any atom is 0.0870 e. The summed E-state index contributed by atoms with van der Waals surface area (Å²) in [6.45, 7) is 17.6. The molecule has 0 aliphatic carbocycles. The highest BCUT2D eigenvalue weighted by Crippen LogP contribution is 2.48. The molecular weight excluding hydrogens is 284 g/mol. The molecule has 2 rings (SSSR count). The van der Waals surface area contributed by atoms with Crippen molar-refractivity contribution in [1.82, 2.24) is 0 Å². The molecule has 0 saturated heterocycles. The minimum Gasteiger partial charge on any atom is -0.0769 e. The predicted molar refractivity (Wildman–Crippen MR) is 102 cm³/mol. The van der Waals surface area contributed by atoms with E-state index >= 15 is 0 Å². The van der Waals surface area contributed by atoms with E-state index in [0.29, 0.717) is 0 Å². The van der Waals surface area contributed by atoms with E-state index in [1.54, 1.807) is 16.3 Å². The topological polar surface area (TPSA) is 0 Å². The lowest BCUT2D eigenvalue weighted by atomic mass is 9.99. The summed E-state index contributed by atoms with van der Waals surface area (Å²) in [5.41, 5.74) is 4.28. The van der Waals surface area contributed by atoms with Gasteiger partial charge in [0, 0.05) is 7.59 Å². The molecule has 0 spiro atoms. The fourth-order valence-electron chi connectivity index (χ4n) is 4.49. The molecule has 1 aliphatic rings. The Morgan fingerprint density at radius 2 is 1.57 bits per heavy atom. The summed E-state index contributed by atoms with van der Waals surface area (Å²) in [7, 11) is -2.72. The summed E-state index contributed by atoms with van der Waals surface area (Å²) >= 11 is 0. The van der Waals surface area contributed by atoms with Gasteiger partial charge in [0.15, 0.2) is 0 Å². The Morgan fingerprint density at radius 3 is 2.05 bits per heavy atom. The van der Waals surface area contributed by atoms with Crippen LogP contribution in [0.3, 0.4) is 0 Å². The molecule has 21 heavy (non-hydrogen) atoms. The van der Waals surface area contributed by atoms with Crippen molar-refractivity contribution in [3.8, 4) is 0 Å². The highest BCUT2D eigenvalue weighted by atomic mass is 29.3. The van der Waals surface area contributed by atoms with Crippen LogP contribution < -0.4 is 5.19 Å². The van der Waals surface area contributed by atoms with Crippen LogP contribution in [0.2, 0.25) is 31.2 Å². The zero-order chi connectivity index (χ0) is 15.8. The Hall–Kier alpha value is -0.606. The van der Waals surface area contributed by atoms with Crippen LogP contribution >= 0.6 is 0 Å². The Bertz CT molecular complexity index is 522. The van der Waals surface area contributed by atoms with Crippen molar-refractivity contribution in [2.24, 2.45) is 5.92 Å². The lowest BCUT2D eigenvalue weighted by Gasteiger charge is -2.53. The van der Waals surface area contributed by atoms with E-state index < -0.39 is 15.2 Å². The number of hydrogen-bond donors (Lipinski definition) is 0. The number of rotatable bonds is 3. The Morgan fingerprint density at radius 1 is 1.00 bits per heavy atom. The molecule has 0 bridgehead atoms. The third-order valence-corrected chi connectivity index (χ3v) is 23.7. The molecule has 0 nitrogen and oxygen atoms in total. The molecule has 2 heteroatoms. The third-order valence-electron chi connectivity index (χ3n) is 5.86. The van der Waals surface area contributed by atoms with E-state index in [2.05, 4.69) is 77.7 Å². The Kier molecular flexibility index (Phi) is 4.70. The third kappa shape index (κ3) is 2.85. The molecule has 0 saturated carbocycles. The van der Waals surface area contributed by atoms with Crippen molar-refractivity contribution in [2.75, 3.05) is 0 Å². The van der Waals surface area contributed by atoms with Crippen molar-refractivity contribution in [3.05, 3.63) is 41.5 Å². The van der Waals surface area contributed by atoms with Crippen molar-refractivity contribution < 1.29 is 0 Å². The average Bonchev–Trinajstić information content (AvgIpc) is 2.40. The zero-order valence-electron chi connectivity index (χ0n) is 15.0. The monoisotopic (exact) mass is 316 g/mol. The van der Waals surface area contributed by atoms with Gasteiger partial charge in [0.2, 0.25) is 0 Å². The minimum atomic E-state index is -1.48. The summed E-state index contributed by atoms with van der Waals surface area (Å²) < 4.78 is 0. The van der Waals surface area contributed by atoms with Crippen molar-refractivity contribution in [2.45, 2.75) is 65.3 Å². The number of benzene rings is 1. The van der Waals surface area contributed by atoms with Crippen LogP contribution in [0.1, 0.15) is 34.1 Å². The first kappa shape index (κ1) is 16.8. The normalized spacial score (nSPS) is 27.3. The second-order valence-electron chi connectivity index (χ2n) is 8.38. The largest absolute Gasteiger partial charge is 0.0870 e. The second-order valence-corrected chi connectivity index (χ2v) is 23.7. The summed E-state index contributed by atoms with van der Waals surface area (Å²) in [6, 6.07) is 13.0. The van der Waals surface area contributed by atoms with Crippen LogP contribution in [-0.4, -0.2) is 15.2 Å². The van der Waals surface area contributed by atoms with Gasteiger partial charge >= 0.3 is 0 Å². The van der Waals surface area contributed by atoms with E-state index in [1.165, 1.54) is 12.5 Å². The van der Waals surface area contributed by atoms with Crippen LogP contribution in [0.25, 0.3) is 0 Å². The second kappa shape index (κ2) is 5.88. The molecule has 0 N–H and O–H groups in total. The number of hydrogen-bond acceptors (Lipinski definition) is 0. The molecule has 2 unspecified atom stereocenters. The minimum absolute atomic E-state index is 0.798. The summed E-state index contributed by atoms with van der Waals surface area (Å²) in [5.74, 6) is 0.798. The van der Waals surface area contributed by atoms with Crippen molar-refractivity contribution >= 4 is 20.4 Å². The van der Waals surface area contributed by atoms with Crippen LogP contribution in [0.15, 0.2) is 41.5 Å². The standard InChI is InChI=1S/C19H32Si2/c1-15(2)19-13-16(3)17(4)14-21(19,20(5,6)7)18-11-9-8-10-12-18/h8-12,15,19H,13-14H2,1-7H3. The molecular formula is C19H32Si2. The molecule has 1 heterocycles. The molecule has 0 radical (unpaired) electrons. The van der Waals surface area contributed by atoms with Gasteiger partial charge in [0.25, 0.3) is 0 Å². The van der Waals surface area contributed by atoms with Gasteiger partial charge in [-0.3, -0.25) is 0 Å². The fraction of sp³-hybridized carbons (Fsp3) is 0.579. The predicted octanol–water partition coefficient (Wildman–Crippen LogP) is 5.53. The lowest BCUT2D eigenvalue weighted by molar-refractivity contribution is 0.560. The first-order valence-electron chi connectivity index (χ1n) is 8.41. The van der Waals surface area contributed by atoms with E-state index in [4.69, 9.17) is 0 Å². The van der Waals surface area contributed by atoms with Gasteiger partial charge in [-0.25, -0.2) is 0 Å². The first-order chi connectivity index (χ1) is 9.70. The highest BCUT2D eigenvalue weighted by molar-refractivity contribution is 7.46. The summed E-state index contributed by atoms with van der Waals surface area (Å²) in [6.07, 6.45) is 1.34. The van der Waals surface area contributed by atoms with Gasteiger partial charge < -0.3 is 0 Å². The molecule has 0 aromatic heterocycles. The van der Waals surface area contributed by atoms with E-state index in [0.717, 1.165) is 11.5 Å². The SMILES string of the molecule is CC1=C(C)C[Si](c2ccccc2)([Si](C)(C)C)C(C(C)C)C1. The van der Waals surface area contributed by atoms with Crippen LogP contribution in [0.4, 0.5) is 0 Å². The average molecular weight is 317 g/mol. The number of allylic oxidation sites excluding steroid dienone is 2. The quantitative estimate of drug-likeness (QED) is 0.508. The smallest absolute Gasteiger partial charge is 0.0769 e. The van der Waals surface area contributed by atoms with Gasteiger partial charge in [-0.15, -0.1) is 0 Å². The van der Waals surface area contributed by atoms with Crippen LogP contribution in [0, 0.1) is 5.92 Å². The van der Waals surface area contributed by atoms with Crippen LogP contribution in [-0.2, 0) is 0 Å². The maximum absolute atomic E-state index is 2.63. The lowest BCUT2D eigenvalue weighted by Crippen LogP contribution is -2.70. The van der Waals surface area contributed by atoms with E-state index in [1.807, 2.05) is 0 Å². The first-order valence-corrected chi connectivity index (χ1v) is 15.2. The maximum atomic E-state index is 2.63. The molecule has 116 valence electrons.